The summed E-state index contributed by atoms with van der Waals surface area (Å²) >= 11 is 0. The van der Waals surface area contributed by atoms with Crippen LogP contribution in [-0.4, -0.2) is 40.7 Å². The van der Waals surface area contributed by atoms with Crippen LogP contribution in [0, 0.1) is 36.5 Å². The van der Waals surface area contributed by atoms with Gasteiger partial charge in [0, 0.05) is 5.92 Å². The van der Waals surface area contributed by atoms with Crippen molar-refractivity contribution in [1.29, 1.82) is 0 Å². The van der Waals surface area contributed by atoms with Crippen LogP contribution in [0.2, 0.25) is 0 Å². The van der Waals surface area contributed by atoms with Gasteiger partial charge in [-0.3, -0.25) is 9.79 Å². The zero-order chi connectivity index (χ0) is 18.6. The summed E-state index contributed by atoms with van der Waals surface area (Å²) < 4.78 is 6.35. The van der Waals surface area contributed by atoms with Gasteiger partial charge in [0.05, 0.1) is 35.8 Å². The maximum atomic E-state index is 13.6. The van der Waals surface area contributed by atoms with Crippen LogP contribution < -0.4 is 0 Å². The number of hydrogen-bond donors (Lipinski definition) is 0. The molecule has 4 bridgehead atoms. The zero-order valence-corrected chi connectivity index (χ0v) is 16.1. The van der Waals surface area contributed by atoms with Crippen LogP contribution in [0.25, 0.3) is 0 Å². The molecule has 0 spiro atoms. The Morgan fingerprint density at radius 1 is 0.964 bits per heavy atom. The highest BCUT2D eigenvalue weighted by atomic mass is 16.5. The third-order valence-electron chi connectivity index (χ3n) is 8.31. The van der Waals surface area contributed by atoms with Gasteiger partial charge in [-0.2, -0.15) is 10.1 Å². The van der Waals surface area contributed by atoms with E-state index in [1.54, 1.807) is 5.01 Å². The normalized spacial score (nSPS) is 44.9. The predicted octanol–water partition coefficient (Wildman–Crippen LogP) is 3.16. The first-order valence-electron chi connectivity index (χ1n) is 10.9. The van der Waals surface area contributed by atoms with E-state index in [-0.39, 0.29) is 41.9 Å². The van der Waals surface area contributed by atoms with Gasteiger partial charge >= 0.3 is 0 Å². The number of hydrazone groups is 1. The Kier molecular flexibility index (Phi) is 3.01. The van der Waals surface area contributed by atoms with Crippen LogP contribution >= 0.6 is 0 Å². The molecule has 7 rings (SSSR count). The van der Waals surface area contributed by atoms with E-state index in [0.717, 1.165) is 30.0 Å². The average molecular weight is 375 g/mol. The highest BCUT2D eigenvalue weighted by molar-refractivity contribution is 6.13. The van der Waals surface area contributed by atoms with Crippen molar-refractivity contribution >= 4 is 17.5 Å². The summed E-state index contributed by atoms with van der Waals surface area (Å²) in [4.78, 5) is 18.8. The van der Waals surface area contributed by atoms with Gasteiger partial charge in [-0.25, -0.2) is 0 Å². The highest BCUT2D eigenvalue weighted by Crippen LogP contribution is 2.55. The number of fused-ring (bicyclic) bond motifs is 12. The lowest BCUT2D eigenvalue weighted by molar-refractivity contribution is -0.135. The molecule has 4 fully saturated rings. The first-order valence-corrected chi connectivity index (χ1v) is 10.9. The first kappa shape index (κ1) is 15.9. The topological polar surface area (TPSA) is 54.3 Å². The molecular formula is C23H25N3O2. The second kappa shape index (κ2) is 5.32. The third-order valence-corrected chi connectivity index (χ3v) is 8.31. The molecule has 4 heterocycles. The molecule has 5 heteroatoms. The van der Waals surface area contributed by atoms with Crippen LogP contribution in [0.3, 0.4) is 0 Å². The van der Waals surface area contributed by atoms with Gasteiger partial charge in [0.2, 0.25) is 0 Å². The minimum absolute atomic E-state index is 0.0570. The maximum Gasteiger partial charge on any atom is 0.254 e. The summed E-state index contributed by atoms with van der Waals surface area (Å²) in [5.74, 6) is 2.73. The third kappa shape index (κ3) is 1.89. The molecule has 2 saturated heterocycles. The zero-order valence-electron chi connectivity index (χ0n) is 16.1. The van der Waals surface area contributed by atoms with Crippen LogP contribution in [0.15, 0.2) is 34.4 Å². The second-order valence-corrected chi connectivity index (χ2v) is 9.68. The van der Waals surface area contributed by atoms with E-state index in [2.05, 4.69) is 31.2 Å². The molecule has 1 amide bonds. The van der Waals surface area contributed by atoms with Gasteiger partial charge in [-0.1, -0.05) is 29.8 Å². The van der Waals surface area contributed by atoms with E-state index < -0.39 is 0 Å². The first-order chi connectivity index (χ1) is 13.7. The van der Waals surface area contributed by atoms with Crippen LogP contribution in [0.5, 0.6) is 0 Å². The van der Waals surface area contributed by atoms with E-state index >= 15 is 0 Å². The van der Waals surface area contributed by atoms with E-state index in [4.69, 9.17) is 14.8 Å². The number of carbonyl (C=O) groups excluding carboxylic acids is 1. The molecule has 5 nitrogen and oxygen atoms in total. The molecule has 0 N–H and O–H groups in total. The molecule has 0 radical (unpaired) electrons. The number of amidine groups is 1. The van der Waals surface area contributed by atoms with E-state index in [1.807, 2.05) is 0 Å². The van der Waals surface area contributed by atoms with Crippen LogP contribution in [0.1, 0.15) is 43.2 Å². The van der Waals surface area contributed by atoms with Gasteiger partial charge < -0.3 is 4.74 Å². The molecule has 1 aromatic carbocycles. The Labute approximate surface area is 164 Å². The van der Waals surface area contributed by atoms with Crippen molar-refractivity contribution in [3.63, 3.8) is 0 Å². The molecular weight excluding hydrogens is 350 g/mol. The number of ether oxygens (including phenoxy) is 1. The summed E-state index contributed by atoms with van der Waals surface area (Å²) in [6.45, 7) is 2.10. The smallest absolute Gasteiger partial charge is 0.254 e. The van der Waals surface area contributed by atoms with Crippen molar-refractivity contribution in [2.24, 2.45) is 39.7 Å². The minimum Gasteiger partial charge on any atom is -0.373 e. The maximum absolute atomic E-state index is 13.6. The van der Waals surface area contributed by atoms with Gasteiger partial charge in [0.1, 0.15) is 5.84 Å². The molecule has 0 aromatic heterocycles. The number of amides is 1. The Hall–Kier alpha value is -2.01. The molecule has 1 aromatic rings. The van der Waals surface area contributed by atoms with Crippen molar-refractivity contribution in [1.82, 2.24) is 5.01 Å². The number of hydrogen-bond acceptors (Lipinski definition) is 4. The Bertz CT molecular complexity index is 936. The quantitative estimate of drug-likeness (QED) is 0.757. The SMILES string of the molecule is Cc1ccc(C2=NN3C(=O)C4C(N=C3[C@H]3[C@@H]2[C@@H]2CC[C@H]3O2)[C@@H]2CC[C@H]4C2)cc1. The number of aryl methyl sites for hydroxylation is 1. The average Bonchev–Trinajstić information content (AvgIpc) is 3.49. The van der Waals surface area contributed by atoms with Gasteiger partial charge in [0.25, 0.3) is 5.91 Å². The second-order valence-electron chi connectivity index (χ2n) is 9.68. The summed E-state index contributed by atoms with van der Waals surface area (Å²) in [5.41, 5.74) is 3.40. The van der Waals surface area contributed by atoms with Crippen LogP contribution in [-0.2, 0) is 9.53 Å². The standard InChI is InChI=1S/C23H25N3O2/c1-11-2-4-12(5-3-11)21-18-15-8-9-16(28-15)19(18)22-24-20-14-7-6-13(10-14)17(20)23(27)26(22)25-21/h2-5,13-20H,6-10H2,1H3/t13-,14+,15-,16+,17?,18-,19+,20?/m0/s1. The molecule has 2 saturated carbocycles. The number of rotatable bonds is 1. The van der Waals surface area contributed by atoms with Crippen molar-refractivity contribution in [3.8, 4) is 0 Å². The summed E-state index contributed by atoms with van der Waals surface area (Å²) in [6, 6.07) is 8.76. The van der Waals surface area contributed by atoms with Gasteiger partial charge in [-0.15, -0.1) is 0 Å². The number of carbonyl (C=O) groups is 1. The monoisotopic (exact) mass is 375 g/mol. The summed E-state index contributed by atoms with van der Waals surface area (Å²) in [6.07, 6.45) is 6.18. The Morgan fingerprint density at radius 2 is 1.71 bits per heavy atom. The fourth-order valence-electron chi connectivity index (χ4n) is 7.09. The Morgan fingerprint density at radius 3 is 2.54 bits per heavy atom. The number of nitrogens with zero attached hydrogens (tertiary/aromatic N) is 3. The lowest BCUT2D eigenvalue weighted by Crippen LogP contribution is -2.57. The van der Waals surface area contributed by atoms with Crippen molar-refractivity contribution in [2.75, 3.05) is 0 Å². The van der Waals surface area contributed by atoms with Crippen molar-refractivity contribution in [2.45, 2.75) is 57.3 Å². The molecule has 2 aliphatic carbocycles. The van der Waals surface area contributed by atoms with Gasteiger partial charge in [-0.05, 0) is 56.4 Å². The summed E-state index contributed by atoms with van der Waals surface area (Å²) in [5, 5.41) is 6.69. The lowest BCUT2D eigenvalue weighted by Gasteiger charge is -2.43. The number of aliphatic imine (C=N–C) groups is 1. The molecule has 8 atom stereocenters. The molecule has 144 valence electrons. The molecule has 2 unspecified atom stereocenters. The predicted molar refractivity (Wildman–Crippen MR) is 105 cm³/mol. The van der Waals surface area contributed by atoms with Crippen LogP contribution in [0.4, 0.5) is 0 Å². The highest BCUT2D eigenvalue weighted by Gasteiger charge is 2.61. The lowest BCUT2D eigenvalue weighted by atomic mass is 9.72. The van der Waals surface area contributed by atoms with Crippen molar-refractivity contribution < 1.29 is 9.53 Å². The summed E-state index contributed by atoms with van der Waals surface area (Å²) in [7, 11) is 0. The van der Waals surface area contributed by atoms with E-state index in [9.17, 15) is 4.79 Å². The minimum atomic E-state index is 0.0570. The van der Waals surface area contributed by atoms with E-state index in [1.165, 1.54) is 24.8 Å². The molecule has 6 aliphatic rings. The van der Waals surface area contributed by atoms with E-state index in [0.29, 0.717) is 11.8 Å². The fourth-order valence-corrected chi connectivity index (χ4v) is 7.09. The fraction of sp³-hybridized carbons (Fsp3) is 0.609. The van der Waals surface area contributed by atoms with Gasteiger partial charge in [0.15, 0.2) is 0 Å². The van der Waals surface area contributed by atoms with Crippen molar-refractivity contribution in [3.05, 3.63) is 35.4 Å². The Balaban J connectivity index is 1.39. The largest absolute Gasteiger partial charge is 0.373 e. The molecule has 4 aliphatic heterocycles. The number of benzene rings is 1. The molecule has 28 heavy (non-hydrogen) atoms.